The van der Waals surface area contributed by atoms with E-state index in [1.165, 1.54) is 24.3 Å². The van der Waals surface area contributed by atoms with E-state index in [1.807, 2.05) is 13.0 Å². The second-order valence-electron chi connectivity index (χ2n) is 7.00. The summed E-state index contributed by atoms with van der Waals surface area (Å²) in [5.41, 5.74) is 0.420. The lowest BCUT2D eigenvalue weighted by atomic mass is 9.74. The molecular formula is C19H18FNO4. The van der Waals surface area contributed by atoms with Gasteiger partial charge >= 0.3 is 5.97 Å². The van der Waals surface area contributed by atoms with Crippen LogP contribution in [0.25, 0.3) is 0 Å². The van der Waals surface area contributed by atoms with Crippen LogP contribution in [0.1, 0.15) is 13.3 Å². The van der Waals surface area contributed by atoms with Crippen molar-refractivity contribution in [2.75, 3.05) is 4.90 Å². The number of hydrogen-bond acceptors (Lipinski definition) is 3. The summed E-state index contributed by atoms with van der Waals surface area (Å²) in [5.74, 6) is -3.42. The van der Waals surface area contributed by atoms with Gasteiger partial charge in [0.05, 0.1) is 18.1 Å². The molecule has 4 rings (SSSR count). The average Bonchev–Trinajstić information content (AvgIpc) is 3.18. The van der Waals surface area contributed by atoms with E-state index in [0.717, 1.165) is 5.57 Å². The Balaban J connectivity index is 1.84. The number of carbonyl (C=O) groups is 2. The maximum absolute atomic E-state index is 13.3. The molecule has 0 radical (unpaired) electrons. The van der Waals surface area contributed by atoms with E-state index in [-0.39, 0.29) is 5.91 Å². The first-order valence-corrected chi connectivity index (χ1v) is 8.18. The molecule has 3 aliphatic rings. The third-order valence-electron chi connectivity index (χ3n) is 5.35. The van der Waals surface area contributed by atoms with Crippen molar-refractivity contribution in [2.24, 2.45) is 11.8 Å². The van der Waals surface area contributed by atoms with E-state index in [2.05, 4.69) is 6.58 Å². The molecule has 130 valence electrons. The summed E-state index contributed by atoms with van der Waals surface area (Å²) in [5, 5.41) is 9.61. The number of hydrogen-bond donors (Lipinski definition) is 1. The summed E-state index contributed by atoms with van der Waals surface area (Å²) in [6.07, 6.45) is 3.46. The number of benzene rings is 1. The van der Waals surface area contributed by atoms with E-state index in [0.29, 0.717) is 12.1 Å². The molecule has 1 amide bonds. The highest BCUT2D eigenvalue weighted by atomic mass is 19.1. The van der Waals surface area contributed by atoms with Crippen LogP contribution in [0.5, 0.6) is 0 Å². The maximum Gasteiger partial charge on any atom is 0.310 e. The largest absolute Gasteiger partial charge is 0.481 e. The zero-order chi connectivity index (χ0) is 17.9. The van der Waals surface area contributed by atoms with Gasteiger partial charge in [0.15, 0.2) is 0 Å². The van der Waals surface area contributed by atoms with E-state index < -0.39 is 41.4 Å². The molecule has 1 aromatic rings. The first-order chi connectivity index (χ1) is 11.8. The third-order valence-corrected chi connectivity index (χ3v) is 5.35. The number of carboxylic acid groups (broad SMARTS) is 1. The van der Waals surface area contributed by atoms with Crippen molar-refractivity contribution in [3.63, 3.8) is 0 Å². The second-order valence-corrected chi connectivity index (χ2v) is 7.00. The van der Waals surface area contributed by atoms with Gasteiger partial charge in [0.2, 0.25) is 5.91 Å². The molecule has 0 unspecified atom stereocenters. The topological polar surface area (TPSA) is 66.8 Å². The van der Waals surface area contributed by atoms with Crippen molar-refractivity contribution < 1.29 is 23.8 Å². The van der Waals surface area contributed by atoms with Gasteiger partial charge in [0.1, 0.15) is 17.3 Å². The Hall–Kier alpha value is -2.47. The molecule has 1 spiro atoms. The smallest absolute Gasteiger partial charge is 0.310 e. The lowest BCUT2D eigenvalue weighted by Gasteiger charge is -2.33. The molecule has 25 heavy (non-hydrogen) atoms. The lowest BCUT2D eigenvalue weighted by Crippen LogP contribution is -2.45. The molecule has 3 heterocycles. The van der Waals surface area contributed by atoms with Crippen molar-refractivity contribution >= 4 is 17.6 Å². The van der Waals surface area contributed by atoms with Gasteiger partial charge in [-0.1, -0.05) is 17.7 Å². The predicted molar refractivity (Wildman–Crippen MR) is 88.5 cm³/mol. The summed E-state index contributed by atoms with van der Waals surface area (Å²) in [4.78, 5) is 26.5. The van der Waals surface area contributed by atoms with Crippen molar-refractivity contribution in [1.29, 1.82) is 0 Å². The van der Waals surface area contributed by atoms with Crippen molar-refractivity contribution in [3.05, 3.63) is 54.4 Å². The highest BCUT2D eigenvalue weighted by Gasteiger charge is 2.71. The Bertz CT molecular complexity index is 802. The van der Waals surface area contributed by atoms with Gasteiger partial charge < -0.3 is 14.7 Å². The van der Waals surface area contributed by atoms with Crippen LogP contribution in [0.4, 0.5) is 10.1 Å². The van der Waals surface area contributed by atoms with Crippen molar-refractivity contribution in [2.45, 2.75) is 31.1 Å². The number of nitrogens with zero attached hydrogens (tertiary/aromatic N) is 1. The van der Waals surface area contributed by atoms with Crippen LogP contribution in [-0.2, 0) is 14.3 Å². The van der Waals surface area contributed by atoms with Gasteiger partial charge in [-0.15, -0.1) is 6.58 Å². The van der Waals surface area contributed by atoms with Gasteiger partial charge in [-0.25, -0.2) is 4.39 Å². The molecule has 3 aliphatic heterocycles. The SMILES string of the molecule is C=C(C)C[C@@H]1N(c2ccc(F)cc2)C(=O)[C@@H]2[C@H](C(=O)O)[C@H]3C=C[C@]21O3. The fourth-order valence-electron chi connectivity index (χ4n) is 4.42. The first-order valence-electron chi connectivity index (χ1n) is 8.18. The summed E-state index contributed by atoms with van der Waals surface area (Å²) in [7, 11) is 0. The molecule has 6 heteroatoms. The van der Waals surface area contributed by atoms with Crippen LogP contribution in [0, 0.1) is 17.7 Å². The van der Waals surface area contributed by atoms with Gasteiger partial charge in [-0.05, 0) is 37.6 Å². The van der Waals surface area contributed by atoms with Gasteiger partial charge in [-0.3, -0.25) is 9.59 Å². The Morgan fingerprint density at radius 1 is 1.40 bits per heavy atom. The first kappa shape index (κ1) is 16.0. The maximum atomic E-state index is 13.3. The minimum Gasteiger partial charge on any atom is -0.481 e. The molecule has 1 N–H and O–H groups in total. The number of carbonyl (C=O) groups excluding carboxylic acids is 1. The molecule has 0 aromatic heterocycles. The number of anilines is 1. The van der Waals surface area contributed by atoms with Gasteiger partial charge in [0, 0.05) is 5.69 Å². The fraction of sp³-hybridized carbons (Fsp3) is 0.368. The average molecular weight is 343 g/mol. The molecule has 5 nitrogen and oxygen atoms in total. The summed E-state index contributed by atoms with van der Waals surface area (Å²) in [6.45, 7) is 5.80. The van der Waals surface area contributed by atoms with Crippen molar-refractivity contribution in [1.82, 2.24) is 0 Å². The molecular weight excluding hydrogens is 325 g/mol. The normalized spacial score (nSPS) is 35.3. The summed E-state index contributed by atoms with van der Waals surface area (Å²) < 4.78 is 19.3. The summed E-state index contributed by atoms with van der Waals surface area (Å²) in [6, 6.07) is 5.23. The van der Waals surface area contributed by atoms with E-state index in [1.54, 1.807) is 11.0 Å². The lowest BCUT2D eigenvalue weighted by molar-refractivity contribution is -0.146. The van der Waals surface area contributed by atoms with Crippen LogP contribution in [0.3, 0.4) is 0 Å². The minimum atomic E-state index is -1.04. The molecule has 2 bridgehead atoms. The zero-order valence-corrected chi connectivity index (χ0v) is 13.7. The number of aliphatic carboxylic acids is 1. The number of ether oxygens (including phenoxy) is 1. The standard InChI is InChI=1S/C19H18FNO4/c1-10(2)9-14-19-8-7-13(25-19)15(18(23)24)16(19)17(22)21(14)12-5-3-11(20)4-6-12/h3-8,13-16H,1,9H2,2H3,(H,23,24)/t13-,14+,15-,16+,19-/m1/s1. The van der Waals surface area contributed by atoms with Gasteiger partial charge in [0.25, 0.3) is 0 Å². The third kappa shape index (κ3) is 2.10. The molecule has 2 fully saturated rings. The second kappa shape index (κ2) is 5.26. The number of rotatable bonds is 4. The van der Waals surface area contributed by atoms with Crippen LogP contribution in [0.2, 0.25) is 0 Å². The van der Waals surface area contributed by atoms with Crippen LogP contribution >= 0.6 is 0 Å². The molecule has 0 saturated carbocycles. The molecule has 0 aliphatic carbocycles. The fourth-order valence-corrected chi connectivity index (χ4v) is 4.42. The highest BCUT2D eigenvalue weighted by molar-refractivity contribution is 6.03. The van der Waals surface area contributed by atoms with Gasteiger partial charge in [-0.2, -0.15) is 0 Å². The Morgan fingerprint density at radius 3 is 2.68 bits per heavy atom. The quantitative estimate of drug-likeness (QED) is 0.853. The number of carboxylic acids is 1. The van der Waals surface area contributed by atoms with Crippen LogP contribution in [-0.4, -0.2) is 34.7 Å². The molecule has 5 atom stereocenters. The predicted octanol–water partition coefficient (Wildman–Crippen LogP) is 2.53. The van der Waals surface area contributed by atoms with E-state index >= 15 is 0 Å². The monoisotopic (exact) mass is 343 g/mol. The molecule has 1 aromatic carbocycles. The van der Waals surface area contributed by atoms with Crippen LogP contribution < -0.4 is 4.90 Å². The zero-order valence-electron chi connectivity index (χ0n) is 13.7. The van der Waals surface area contributed by atoms with E-state index in [9.17, 15) is 19.1 Å². The van der Waals surface area contributed by atoms with Crippen molar-refractivity contribution in [3.8, 4) is 0 Å². The Kier molecular flexibility index (Phi) is 3.37. The Labute approximate surface area is 144 Å². The number of halogens is 1. The number of amides is 1. The van der Waals surface area contributed by atoms with Crippen LogP contribution in [0.15, 0.2) is 48.6 Å². The highest BCUT2D eigenvalue weighted by Crippen LogP contribution is 2.56. The summed E-state index contributed by atoms with van der Waals surface area (Å²) >= 11 is 0. The number of fused-ring (bicyclic) bond motifs is 1. The minimum absolute atomic E-state index is 0.294. The molecule has 2 saturated heterocycles. The Morgan fingerprint density at radius 2 is 2.08 bits per heavy atom. The van der Waals surface area contributed by atoms with E-state index in [4.69, 9.17) is 4.74 Å².